The van der Waals surface area contributed by atoms with E-state index in [0.717, 1.165) is 0 Å². The first kappa shape index (κ1) is 22.7. The molecule has 1 atom stereocenters. The molecule has 0 aromatic heterocycles. The van der Waals surface area contributed by atoms with Crippen molar-refractivity contribution in [2.75, 3.05) is 11.5 Å². The van der Waals surface area contributed by atoms with E-state index in [2.05, 4.69) is 13.8 Å². The first-order chi connectivity index (χ1) is 10.8. The second-order valence-electron chi connectivity index (χ2n) is 6.90. The average molecular weight is 349 g/mol. The van der Waals surface area contributed by atoms with Gasteiger partial charge in [-0.2, -0.15) is 0 Å². The van der Waals surface area contributed by atoms with Crippen LogP contribution >= 0.6 is 21.6 Å². The van der Waals surface area contributed by atoms with E-state index in [4.69, 9.17) is 11.7 Å². The second-order valence-corrected chi connectivity index (χ2v) is 10.5. The summed E-state index contributed by atoms with van der Waals surface area (Å²) < 4.78 is 0. The molecular weight excluding hydrogens is 304 g/mol. The number of rotatable bonds is 18. The predicted molar refractivity (Wildman–Crippen MR) is 113 cm³/mol. The minimum atomic E-state index is 0.0548. The zero-order valence-corrected chi connectivity index (χ0v) is 17.4. The van der Waals surface area contributed by atoms with E-state index in [0.29, 0.717) is 0 Å². The fourth-order valence-corrected chi connectivity index (χ4v) is 5.22. The Hall–Kier alpha value is 0.700. The van der Waals surface area contributed by atoms with E-state index in [1.54, 1.807) is 0 Å². The molecule has 0 nitrogen and oxygen atoms in total. The third-order valence-corrected chi connectivity index (χ3v) is 7.40. The van der Waals surface area contributed by atoms with Crippen LogP contribution in [0.2, 0.25) is 0 Å². The molecule has 0 fully saturated rings. The zero-order valence-electron chi connectivity index (χ0n) is 15.6. The van der Waals surface area contributed by atoms with Gasteiger partial charge in [0.1, 0.15) is 0 Å². The summed E-state index contributed by atoms with van der Waals surface area (Å²) in [6, 6.07) is 0. The molecule has 1 unspecified atom stereocenters. The van der Waals surface area contributed by atoms with Crippen LogP contribution in [-0.2, 0) is 0 Å². The predicted octanol–water partition coefficient (Wildman–Crippen LogP) is 8.11. The summed E-state index contributed by atoms with van der Waals surface area (Å²) in [5.41, 5.74) is 0. The molecule has 0 aromatic rings. The molecule has 0 aromatic carbocycles. The van der Waals surface area contributed by atoms with Gasteiger partial charge in [0.25, 0.3) is 0 Å². The normalized spacial score (nSPS) is 13.5. The van der Waals surface area contributed by atoms with Gasteiger partial charge in [0.15, 0.2) is 0 Å². The largest absolute Gasteiger partial charge is 0.208 e. The van der Waals surface area contributed by atoms with Crippen LogP contribution in [0.3, 0.4) is 0 Å². The maximum absolute atomic E-state index is 4.83. The van der Waals surface area contributed by atoms with Crippen LogP contribution in [0.5, 0.6) is 0 Å². The fourth-order valence-electron chi connectivity index (χ4n) is 2.97. The summed E-state index contributed by atoms with van der Waals surface area (Å²) in [7, 11) is 0.0548. The Morgan fingerprint density at radius 3 is 1.05 bits per heavy atom. The fraction of sp³-hybridized carbons (Fsp3) is 1.00. The van der Waals surface area contributed by atoms with Crippen molar-refractivity contribution in [3.8, 4) is 0 Å². The molecule has 0 heterocycles. The smallest absolute Gasteiger partial charge is 0.0170 e. The highest BCUT2D eigenvalue weighted by atomic mass is 33.1. The van der Waals surface area contributed by atoms with Gasteiger partial charge in [-0.15, -0.1) is 11.7 Å². The highest BCUT2D eigenvalue weighted by molar-refractivity contribution is 8.78. The van der Waals surface area contributed by atoms with Crippen molar-refractivity contribution in [3.05, 3.63) is 0 Å². The van der Waals surface area contributed by atoms with Gasteiger partial charge in [-0.25, -0.2) is 9.93 Å². The van der Waals surface area contributed by atoms with E-state index >= 15 is 0 Å². The lowest BCUT2D eigenvalue weighted by Crippen LogP contribution is -1.91. The van der Waals surface area contributed by atoms with Crippen molar-refractivity contribution in [1.82, 2.24) is 0 Å². The molecule has 0 spiro atoms. The first-order valence-corrected chi connectivity index (χ1v) is 13.1. The van der Waals surface area contributed by atoms with Gasteiger partial charge in [-0.05, 0) is 24.3 Å². The SMILES string of the molecule is CCCCCCCCCCCC[SH](S)CCCCCCCC. The van der Waals surface area contributed by atoms with Crippen LogP contribution in [0, 0.1) is 0 Å². The van der Waals surface area contributed by atoms with E-state index < -0.39 is 0 Å². The highest BCUT2D eigenvalue weighted by Crippen LogP contribution is 2.33. The van der Waals surface area contributed by atoms with E-state index in [1.807, 2.05) is 0 Å². The summed E-state index contributed by atoms with van der Waals surface area (Å²) in [5.74, 6) is 2.81. The van der Waals surface area contributed by atoms with Crippen LogP contribution in [0.1, 0.15) is 117 Å². The number of thiol groups is 2. The van der Waals surface area contributed by atoms with Crippen LogP contribution in [0.15, 0.2) is 0 Å². The lowest BCUT2D eigenvalue weighted by Gasteiger charge is -2.14. The molecular formula is C20H44S2. The Labute approximate surface area is 149 Å². The average Bonchev–Trinajstić information content (AvgIpc) is 2.52. The van der Waals surface area contributed by atoms with E-state index in [-0.39, 0.29) is 9.93 Å². The molecule has 0 radical (unpaired) electrons. The molecule has 136 valence electrons. The minimum absolute atomic E-state index is 0.0548. The summed E-state index contributed by atoms with van der Waals surface area (Å²) in [6.07, 6.45) is 23.0. The van der Waals surface area contributed by atoms with E-state index in [1.165, 1.54) is 114 Å². The first-order valence-electron chi connectivity index (χ1n) is 10.2. The molecule has 0 N–H and O–H groups in total. The van der Waals surface area contributed by atoms with Crippen LogP contribution in [0.25, 0.3) is 0 Å². The van der Waals surface area contributed by atoms with Gasteiger partial charge in [0.05, 0.1) is 0 Å². The summed E-state index contributed by atoms with van der Waals surface area (Å²) in [4.78, 5) is 0. The van der Waals surface area contributed by atoms with Gasteiger partial charge in [-0.3, -0.25) is 0 Å². The molecule has 22 heavy (non-hydrogen) atoms. The maximum Gasteiger partial charge on any atom is -0.0170 e. The lowest BCUT2D eigenvalue weighted by molar-refractivity contribution is 0.563. The Bertz CT molecular complexity index is 194. The minimum Gasteiger partial charge on any atom is -0.208 e. The number of unbranched alkanes of at least 4 members (excludes halogenated alkanes) is 14. The molecule has 0 bridgehead atoms. The van der Waals surface area contributed by atoms with Gasteiger partial charge < -0.3 is 0 Å². The lowest BCUT2D eigenvalue weighted by atomic mass is 10.1. The number of hydrogen-bond acceptors (Lipinski definition) is 1. The monoisotopic (exact) mass is 348 g/mol. The van der Waals surface area contributed by atoms with Crippen LogP contribution in [0.4, 0.5) is 0 Å². The van der Waals surface area contributed by atoms with Crippen LogP contribution < -0.4 is 0 Å². The molecule has 2 heteroatoms. The summed E-state index contributed by atoms with van der Waals surface area (Å²) in [6.45, 7) is 4.59. The summed E-state index contributed by atoms with van der Waals surface area (Å²) in [5, 5.41) is 0. The summed E-state index contributed by atoms with van der Waals surface area (Å²) >= 11 is 4.83. The molecule has 0 aliphatic carbocycles. The molecule has 0 saturated heterocycles. The third-order valence-electron chi connectivity index (χ3n) is 4.54. The number of hydrogen-bond donors (Lipinski definition) is 2. The Kier molecular flexibility index (Phi) is 20.4. The van der Waals surface area contributed by atoms with Crippen molar-refractivity contribution in [2.45, 2.75) is 117 Å². The topological polar surface area (TPSA) is 0 Å². The molecule has 0 aliphatic heterocycles. The van der Waals surface area contributed by atoms with Crippen molar-refractivity contribution < 1.29 is 0 Å². The van der Waals surface area contributed by atoms with Crippen molar-refractivity contribution in [2.24, 2.45) is 0 Å². The Balaban J connectivity index is 3.10. The standard InChI is InChI=1S/C20H44S2/c1-3-5-7-9-11-12-13-14-16-18-20-22(21)19-17-15-10-8-6-4-2/h21-22H,3-20H2,1-2H3. The maximum atomic E-state index is 4.83. The second kappa shape index (κ2) is 19.7. The molecule has 0 rings (SSSR count). The van der Waals surface area contributed by atoms with Crippen LogP contribution in [-0.4, -0.2) is 11.5 Å². The van der Waals surface area contributed by atoms with Gasteiger partial charge >= 0.3 is 0 Å². The third kappa shape index (κ3) is 18.7. The quantitative estimate of drug-likeness (QED) is 0.139. The van der Waals surface area contributed by atoms with Crippen molar-refractivity contribution in [1.29, 1.82) is 0 Å². The van der Waals surface area contributed by atoms with Crippen molar-refractivity contribution in [3.63, 3.8) is 0 Å². The van der Waals surface area contributed by atoms with Crippen molar-refractivity contribution >= 4 is 21.6 Å². The van der Waals surface area contributed by atoms with E-state index in [9.17, 15) is 0 Å². The molecule has 0 amide bonds. The molecule has 0 saturated carbocycles. The van der Waals surface area contributed by atoms with Gasteiger partial charge in [0, 0.05) is 0 Å². The Morgan fingerprint density at radius 1 is 0.455 bits per heavy atom. The van der Waals surface area contributed by atoms with Gasteiger partial charge in [0.2, 0.25) is 0 Å². The molecule has 0 aliphatic rings. The van der Waals surface area contributed by atoms with Gasteiger partial charge in [-0.1, -0.05) is 104 Å². The highest BCUT2D eigenvalue weighted by Gasteiger charge is 1.99. The Morgan fingerprint density at radius 2 is 0.727 bits per heavy atom. The zero-order chi connectivity index (χ0) is 16.3.